The van der Waals surface area contributed by atoms with Gasteiger partial charge in [0.05, 0.1) is 5.92 Å². The summed E-state index contributed by atoms with van der Waals surface area (Å²) in [7, 11) is 1.81. The molecule has 1 fully saturated rings. The minimum atomic E-state index is -0.748. The van der Waals surface area contributed by atoms with E-state index in [9.17, 15) is 9.59 Å². The van der Waals surface area contributed by atoms with E-state index in [0.29, 0.717) is 25.9 Å². The number of urea groups is 1. The molecule has 0 aromatic rings. The number of aliphatic carboxylic acids is 1. The molecule has 0 aliphatic carbocycles. The number of hydrogen-bond donors (Lipinski definition) is 1. The molecule has 2 atom stereocenters. The van der Waals surface area contributed by atoms with Crippen LogP contribution in [-0.4, -0.2) is 53.1 Å². The zero-order valence-corrected chi connectivity index (χ0v) is 12.6. The summed E-state index contributed by atoms with van der Waals surface area (Å²) in [5.74, 6) is -1.06. The molecular formula is C14H26N2O3. The molecule has 0 aromatic carbocycles. The maximum absolute atomic E-state index is 12.4. The molecule has 0 aromatic heterocycles. The van der Waals surface area contributed by atoms with Crippen molar-refractivity contribution in [1.29, 1.82) is 0 Å². The highest BCUT2D eigenvalue weighted by Gasteiger charge is 2.33. The predicted molar refractivity (Wildman–Crippen MR) is 74.0 cm³/mol. The van der Waals surface area contributed by atoms with Crippen molar-refractivity contribution >= 4 is 12.0 Å². The summed E-state index contributed by atoms with van der Waals surface area (Å²) >= 11 is 0. The number of carboxylic acid groups (broad SMARTS) is 1. The minimum absolute atomic E-state index is 0.00580. The molecule has 2 unspecified atom stereocenters. The smallest absolute Gasteiger partial charge is 0.319 e. The first kappa shape index (κ1) is 15.8. The molecule has 0 spiro atoms. The molecule has 19 heavy (non-hydrogen) atoms. The second-order valence-corrected chi connectivity index (χ2v) is 6.80. The molecule has 0 bridgehead atoms. The number of likely N-dealkylation sites (tertiary alicyclic amines) is 1. The van der Waals surface area contributed by atoms with Gasteiger partial charge in [-0.3, -0.25) is 4.79 Å². The summed E-state index contributed by atoms with van der Waals surface area (Å²) in [6.45, 7) is 9.44. The molecule has 5 nitrogen and oxygen atoms in total. The van der Waals surface area contributed by atoms with Gasteiger partial charge in [-0.25, -0.2) is 4.79 Å². The number of hydrogen-bond acceptors (Lipinski definition) is 2. The average molecular weight is 270 g/mol. The van der Waals surface area contributed by atoms with Crippen molar-refractivity contribution in [3.05, 3.63) is 0 Å². The van der Waals surface area contributed by atoms with Crippen LogP contribution in [0, 0.1) is 11.3 Å². The van der Waals surface area contributed by atoms with E-state index in [1.54, 1.807) is 9.80 Å². The van der Waals surface area contributed by atoms with Crippen LogP contribution in [0.1, 0.15) is 40.5 Å². The largest absolute Gasteiger partial charge is 0.481 e. The molecule has 5 heteroatoms. The lowest BCUT2D eigenvalue weighted by atomic mass is 9.92. The third-order valence-electron chi connectivity index (χ3n) is 3.51. The first-order chi connectivity index (χ1) is 8.61. The van der Waals surface area contributed by atoms with Crippen molar-refractivity contribution in [2.45, 2.75) is 46.6 Å². The average Bonchev–Trinajstić information content (AvgIpc) is 2.25. The Kier molecular flexibility index (Phi) is 4.82. The first-order valence-corrected chi connectivity index (χ1v) is 6.86. The zero-order chi connectivity index (χ0) is 14.8. The quantitative estimate of drug-likeness (QED) is 0.837. The molecule has 1 aliphatic rings. The number of piperidine rings is 1. The van der Waals surface area contributed by atoms with Gasteiger partial charge in [0.2, 0.25) is 0 Å². The summed E-state index contributed by atoms with van der Waals surface area (Å²) in [5, 5.41) is 9.03. The topological polar surface area (TPSA) is 60.9 Å². The summed E-state index contributed by atoms with van der Waals surface area (Å²) in [4.78, 5) is 26.9. The maximum atomic E-state index is 12.4. The Labute approximate surface area is 115 Å². The molecule has 1 rings (SSSR count). The van der Waals surface area contributed by atoms with E-state index in [1.165, 1.54) is 0 Å². The molecular weight excluding hydrogens is 244 g/mol. The van der Waals surface area contributed by atoms with Crippen LogP contribution >= 0.6 is 0 Å². The summed E-state index contributed by atoms with van der Waals surface area (Å²) in [5.41, 5.74) is 0.0625. The van der Waals surface area contributed by atoms with Gasteiger partial charge < -0.3 is 14.9 Å². The van der Waals surface area contributed by atoms with Crippen molar-refractivity contribution in [3.8, 4) is 0 Å². The zero-order valence-electron chi connectivity index (χ0n) is 12.6. The van der Waals surface area contributed by atoms with Crippen LogP contribution in [0.15, 0.2) is 0 Å². The standard InChI is InChI=1S/C14H26N2O3/c1-10-8-11(12(17)18)6-7-16(10)13(19)15(5)9-14(2,3)4/h10-11H,6-9H2,1-5H3,(H,17,18). The van der Waals surface area contributed by atoms with E-state index in [0.717, 1.165) is 0 Å². The van der Waals surface area contributed by atoms with Gasteiger partial charge in [0.1, 0.15) is 0 Å². The second kappa shape index (κ2) is 5.80. The van der Waals surface area contributed by atoms with Crippen molar-refractivity contribution in [3.63, 3.8) is 0 Å². The van der Waals surface area contributed by atoms with E-state index in [-0.39, 0.29) is 23.4 Å². The Balaban J connectivity index is 2.61. The second-order valence-electron chi connectivity index (χ2n) is 6.80. The van der Waals surface area contributed by atoms with Crippen LogP contribution < -0.4 is 0 Å². The fraction of sp³-hybridized carbons (Fsp3) is 0.857. The summed E-state index contributed by atoms with van der Waals surface area (Å²) < 4.78 is 0. The van der Waals surface area contributed by atoms with Gasteiger partial charge >= 0.3 is 12.0 Å². The number of carboxylic acids is 1. The lowest BCUT2D eigenvalue weighted by Gasteiger charge is -2.39. The van der Waals surface area contributed by atoms with Gasteiger partial charge in [0.15, 0.2) is 0 Å². The van der Waals surface area contributed by atoms with E-state index in [1.807, 2.05) is 14.0 Å². The van der Waals surface area contributed by atoms with Crippen molar-refractivity contribution in [2.24, 2.45) is 11.3 Å². The molecule has 110 valence electrons. The summed E-state index contributed by atoms with van der Waals surface area (Å²) in [6, 6.07) is -0.00367. The van der Waals surface area contributed by atoms with Gasteiger partial charge in [-0.2, -0.15) is 0 Å². The van der Waals surface area contributed by atoms with E-state index in [4.69, 9.17) is 5.11 Å². The number of amides is 2. The monoisotopic (exact) mass is 270 g/mol. The third-order valence-corrected chi connectivity index (χ3v) is 3.51. The minimum Gasteiger partial charge on any atom is -0.481 e. The van der Waals surface area contributed by atoms with Crippen molar-refractivity contribution in [2.75, 3.05) is 20.1 Å². The Morgan fingerprint density at radius 1 is 1.37 bits per heavy atom. The van der Waals surface area contributed by atoms with Crippen LogP contribution in [0.2, 0.25) is 0 Å². The van der Waals surface area contributed by atoms with Gasteiger partial charge in [-0.05, 0) is 25.2 Å². The highest BCUT2D eigenvalue weighted by atomic mass is 16.4. The number of carbonyl (C=O) groups is 2. The van der Waals surface area contributed by atoms with Gasteiger partial charge in [-0.1, -0.05) is 20.8 Å². The fourth-order valence-electron chi connectivity index (χ4n) is 2.68. The molecule has 0 saturated carbocycles. The van der Waals surface area contributed by atoms with Crippen molar-refractivity contribution < 1.29 is 14.7 Å². The maximum Gasteiger partial charge on any atom is 0.319 e. The van der Waals surface area contributed by atoms with E-state index < -0.39 is 5.97 Å². The highest BCUT2D eigenvalue weighted by Crippen LogP contribution is 2.24. The van der Waals surface area contributed by atoms with Crippen LogP contribution in [0.3, 0.4) is 0 Å². The molecule has 1 N–H and O–H groups in total. The molecule has 1 saturated heterocycles. The van der Waals surface area contributed by atoms with Crippen LogP contribution in [0.4, 0.5) is 4.79 Å². The molecule has 1 heterocycles. The molecule has 1 aliphatic heterocycles. The Bertz CT molecular complexity index is 349. The lowest BCUT2D eigenvalue weighted by Crippen LogP contribution is -2.51. The fourth-order valence-corrected chi connectivity index (χ4v) is 2.68. The van der Waals surface area contributed by atoms with E-state index in [2.05, 4.69) is 20.8 Å². The molecule has 0 radical (unpaired) electrons. The highest BCUT2D eigenvalue weighted by molar-refractivity contribution is 5.75. The van der Waals surface area contributed by atoms with Crippen LogP contribution in [0.25, 0.3) is 0 Å². The predicted octanol–water partition coefficient (Wildman–Crippen LogP) is 2.27. The van der Waals surface area contributed by atoms with Gasteiger partial charge in [0, 0.05) is 26.2 Å². The number of nitrogens with zero attached hydrogens (tertiary/aromatic N) is 2. The Morgan fingerprint density at radius 2 is 1.95 bits per heavy atom. The third kappa shape index (κ3) is 4.40. The SMILES string of the molecule is CC1CC(C(=O)O)CCN1C(=O)N(C)CC(C)(C)C. The van der Waals surface area contributed by atoms with Crippen LogP contribution in [-0.2, 0) is 4.79 Å². The summed E-state index contributed by atoms with van der Waals surface area (Å²) in [6.07, 6.45) is 1.10. The van der Waals surface area contributed by atoms with Crippen LogP contribution in [0.5, 0.6) is 0 Å². The first-order valence-electron chi connectivity index (χ1n) is 6.86. The lowest BCUT2D eigenvalue weighted by molar-refractivity contribution is -0.143. The normalized spacial score (nSPS) is 24.2. The van der Waals surface area contributed by atoms with Crippen molar-refractivity contribution in [1.82, 2.24) is 9.80 Å². The van der Waals surface area contributed by atoms with Gasteiger partial charge in [0.25, 0.3) is 0 Å². The number of carbonyl (C=O) groups excluding carboxylic acids is 1. The van der Waals surface area contributed by atoms with E-state index >= 15 is 0 Å². The number of rotatable bonds is 2. The van der Waals surface area contributed by atoms with Gasteiger partial charge in [-0.15, -0.1) is 0 Å². The Morgan fingerprint density at radius 3 is 2.37 bits per heavy atom. The molecule has 2 amide bonds. The Hall–Kier alpha value is -1.26.